The van der Waals surface area contributed by atoms with E-state index in [2.05, 4.69) is 43.9 Å². The summed E-state index contributed by atoms with van der Waals surface area (Å²) >= 11 is 7.07. The quantitative estimate of drug-likeness (QED) is 0.797. The number of nitrogens with zero attached hydrogens (tertiary/aromatic N) is 2. The van der Waals surface area contributed by atoms with Gasteiger partial charge in [-0.25, -0.2) is 0 Å². The predicted molar refractivity (Wildman–Crippen MR) is 91.4 cm³/mol. The Morgan fingerprint density at radius 2 is 2.10 bits per heavy atom. The fourth-order valence-corrected chi connectivity index (χ4v) is 3.20. The van der Waals surface area contributed by atoms with Gasteiger partial charge in [0.05, 0.1) is 15.9 Å². The molecule has 1 heterocycles. The minimum Gasteiger partial charge on any atom is -0.487 e. The molecule has 0 spiro atoms. The fraction of sp³-hybridized carbons (Fsp3) is 0.400. The molecule has 21 heavy (non-hydrogen) atoms. The standard InChI is InChI=1S/C15H19Br2N3O/c1-4-12-15(17)13(20(3)19-12)8-21-14-7-10(16)5-6-11(14)9(2)18/h5-7,9H,4,8,18H2,1-3H3/t9-/m0/s1. The van der Waals surface area contributed by atoms with E-state index >= 15 is 0 Å². The Labute approximate surface area is 141 Å². The van der Waals surface area contributed by atoms with Crippen LogP contribution >= 0.6 is 31.9 Å². The summed E-state index contributed by atoms with van der Waals surface area (Å²) in [5, 5.41) is 4.47. The maximum absolute atomic E-state index is 6.00. The van der Waals surface area contributed by atoms with Crippen LogP contribution in [0.2, 0.25) is 0 Å². The highest BCUT2D eigenvalue weighted by Crippen LogP contribution is 2.29. The fourth-order valence-electron chi connectivity index (χ4n) is 2.13. The number of hydrogen-bond acceptors (Lipinski definition) is 3. The number of aromatic nitrogens is 2. The van der Waals surface area contributed by atoms with Gasteiger partial charge in [-0.1, -0.05) is 28.9 Å². The average Bonchev–Trinajstić information content (AvgIpc) is 2.71. The molecule has 2 rings (SSSR count). The van der Waals surface area contributed by atoms with Crippen LogP contribution in [0.4, 0.5) is 0 Å². The van der Waals surface area contributed by atoms with E-state index in [-0.39, 0.29) is 6.04 Å². The van der Waals surface area contributed by atoms with Gasteiger partial charge in [0.2, 0.25) is 0 Å². The van der Waals surface area contributed by atoms with Crippen LogP contribution < -0.4 is 10.5 Å². The molecule has 0 saturated carbocycles. The molecule has 1 aromatic heterocycles. The topological polar surface area (TPSA) is 53.1 Å². The van der Waals surface area contributed by atoms with Crippen molar-refractivity contribution >= 4 is 31.9 Å². The summed E-state index contributed by atoms with van der Waals surface area (Å²) in [4.78, 5) is 0. The largest absolute Gasteiger partial charge is 0.487 e. The Balaban J connectivity index is 2.24. The van der Waals surface area contributed by atoms with E-state index in [1.165, 1.54) is 0 Å². The Hall–Kier alpha value is -0.850. The molecule has 0 aliphatic carbocycles. The monoisotopic (exact) mass is 415 g/mol. The summed E-state index contributed by atoms with van der Waals surface area (Å²) < 4.78 is 9.83. The molecule has 0 saturated heterocycles. The number of ether oxygens (including phenoxy) is 1. The molecule has 0 fully saturated rings. The van der Waals surface area contributed by atoms with E-state index in [1.54, 1.807) is 0 Å². The molecule has 6 heteroatoms. The first-order valence-electron chi connectivity index (χ1n) is 6.82. The Morgan fingerprint density at radius 3 is 2.67 bits per heavy atom. The molecule has 4 nitrogen and oxygen atoms in total. The van der Waals surface area contributed by atoms with Crippen LogP contribution in [0.3, 0.4) is 0 Å². The van der Waals surface area contributed by atoms with Gasteiger partial charge in [0.1, 0.15) is 12.4 Å². The molecular weight excluding hydrogens is 398 g/mol. The summed E-state index contributed by atoms with van der Waals surface area (Å²) in [6, 6.07) is 5.83. The van der Waals surface area contributed by atoms with E-state index in [4.69, 9.17) is 10.5 Å². The van der Waals surface area contributed by atoms with E-state index in [9.17, 15) is 0 Å². The van der Waals surface area contributed by atoms with E-state index < -0.39 is 0 Å². The molecule has 0 bridgehead atoms. The van der Waals surface area contributed by atoms with Gasteiger partial charge < -0.3 is 10.5 Å². The smallest absolute Gasteiger partial charge is 0.131 e. The third kappa shape index (κ3) is 3.67. The number of nitrogens with two attached hydrogens (primary N) is 1. The summed E-state index contributed by atoms with van der Waals surface area (Å²) in [6.45, 7) is 4.48. The average molecular weight is 417 g/mol. The third-order valence-corrected chi connectivity index (χ3v) is 4.74. The van der Waals surface area contributed by atoms with Crippen molar-refractivity contribution in [1.82, 2.24) is 9.78 Å². The molecule has 0 radical (unpaired) electrons. The molecule has 114 valence electrons. The van der Waals surface area contributed by atoms with Gasteiger partial charge in [-0.05, 0) is 41.4 Å². The zero-order chi connectivity index (χ0) is 15.6. The molecule has 2 aromatic rings. The van der Waals surface area contributed by atoms with Gasteiger partial charge >= 0.3 is 0 Å². The van der Waals surface area contributed by atoms with Crippen LogP contribution in [-0.4, -0.2) is 9.78 Å². The summed E-state index contributed by atoms with van der Waals surface area (Å²) in [5.74, 6) is 0.797. The van der Waals surface area contributed by atoms with Crippen LogP contribution in [0.15, 0.2) is 27.1 Å². The van der Waals surface area contributed by atoms with Crippen LogP contribution in [0.5, 0.6) is 5.75 Å². The molecular formula is C15H19Br2N3O. The molecule has 0 amide bonds. The Morgan fingerprint density at radius 1 is 1.38 bits per heavy atom. The van der Waals surface area contributed by atoms with Crippen molar-refractivity contribution in [2.45, 2.75) is 32.9 Å². The second-order valence-corrected chi connectivity index (χ2v) is 6.65. The van der Waals surface area contributed by atoms with E-state index in [1.807, 2.05) is 36.9 Å². The van der Waals surface area contributed by atoms with Gasteiger partial charge in [0.15, 0.2) is 0 Å². The number of halogens is 2. The zero-order valence-electron chi connectivity index (χ0n) is 12.4. The molecule has 0 unspecified atom stereocenters. The maximum Gasteiger partial charge on any atom is 0.131 e. The van der Waals surface area contributed by atoms with Crippen molar-refractivity contribution in [3.05, 3.63) is 44.1 Å². The molecule has 2 N–H and O–H groups in total. The van der Waals surface area contributed by atoms with Crippen molar-refractivity contribution in [1.29, 1.82) is 0 Å². The zero-order valence-corrected chi connectivity index (χ0v) is 15.5. The summed E-state index contributed by atoms with van der Waals surface area (Å²) in [6.07, 6.45) is 0.885. The van der Waals surface area contributed by atoms with Crippen LogP contribution in [0.25, 0.3) is 0 Å². The highest BCUT2D eigenvalue weighted by Gasteiger charge is 2.15. The lowest BCUT2D eigenvalue weighted by Crippen LogP contribution is -2.09. The normalized spacial score (nSPS) is 12.5. The number of aryl methyl sites for hydroxylation is 2. The number of benzene rings is 1. The highest BCUT2D eigenvalue weighted by atomic mass is 79.9. The summed E-state index contributed by atoms with van der Waals surface area (Å²) in [7, 11) is 1.93. The van der Waals surface area contributed by atoms with Crippen molar-refractivity contribution in [3.63, 3.8) is 0 Å². The van der Waals surface area contributed by atoms with Gasteiger partial charge in [-0.2, -0.15) is 5.10 Å². The minimum atomic E-state index is -0.0747. The summed E-state index contributed by atoms with van der Waals surface area (Å²) in [5.41, 5.74) is 9.05. The first kappa shape index (κ1) is 16.5. The van der Waals surface area contributed by atoms with Gasteiger partial charge in [0, 0.05) is 23.1 Å². The van der Waals surface area contributed by atoms with Crippen molar-refractivity contribution in [2.24, 2.45) is 12.8 Å². The minimum absolute atomic E-state index is 0.0747. The lowest BCUT2D eigenvalue weighted by Gasteiger charge is -2.14. The first-order valence-corrected chi connectivity index (χ1v) is 8.40. The maximum atomic E-state index is 6.00. The van der Waals surface area contributed by atoms with Crippen molar-refractivity contribution in [2.75, 3.05) is 0 Å². The highest BCUT2D eigenvalue weighted by molar-refractivity contribution is 9.10. The first-order chi connectivity index (χ1) is 9.93. The van der Waals surface area contributed by atoms with Gasteiger partial charge in [-0.15, -0.1) is 0 Å². The lowest BCUT2D eigenvalue weighted by atomic mass is 10.1. The molecule has 1 atom stereocenters. The molecule has 0 aliphatic heterocycles. The van der Waals surface area contributed by atoms with Gasteiger partial charge in [-0.3, -0.25) is 4.68 Å². The number of rotatable bonds is 5. The Bertz CT molecular complexity index is 638. The number of hydrogen-bond donors (Lipinski definition) is 1. The molecule has 1 aromatic carbocycles. The Kier molecular flexibility index (Phi) is 5.46. The van der Waals surface area contributed by atoms with Crippen molar-refractivity contribution in [3.8, 4) is 5.75 Å². The van der Waals surface area contributed by atoms with Crippen LogP contribution in [0.1, 0.15) is 36.8 Å². The lowest BCUT2D eigenvalue weighted by molar-refractivity contribution is 0.289. The second-order valence-electron chi connectivity index (χ2n) is 4.94. The SMILES string of the molecule is CCc1nn(C)c(COc2cc(Br)ccc2[C@H](C)N)c1Br. The van der Waals surface area contributed by atoms with Crippen molar-refractivity contribution < 1.29 is 4.74 Å². The third-order valence-electron chi connectivity index (χ3n) is 3.33. The second kappa shape index (κ2) is 6.94. The van der Waals surface area contributed by atoms with Crippen LogP contribution in [-0.2, 0) is 20.1 Å². The molecule has 0 aliphatic rings. The predicted octanol–water partition coefficient (Wildman–Crippen LogP) is 4.11. The van der Waals surface area contributed by atoms with E-state index in [0.29, 0.717) is 6.61 Å². The van der Waals surface area contributed by atoms with Gasteiger partial charge in [0.25, 0.3) is 0 Å². The van der Waals surface area contributed by atoms with Crippen LogP contribution in [0, 0.1) is 0 Å². The van der Waals surface area contributed by atoms with E-state index in [0.717, 1.165) is 38.1 Å².